The summed E-state index contributed by atoms with van der Waals surface area (Å²) in [7, 11) is 0. The van der Waals surface area contributed by atoms with Crippen molar-refractivity contribution >= 4 is 0 Å². The molecular formula is C16H27NO3. The Morgan fingerprint density at radius 2 is 1.90 bits per heavy atom. The second-order valence-electron chi connectivity index (χ2n) is 5.63. The smallest absolute Gasteiger partial charge is 0.122 e. The molecule has 0 saturated carbocycles. The third kappa shape index (κ3) is 6.37. The van der Waals surface area contributed by atoms with Crippen LogP contribution < -0.4 is 10.1 Å². The Balaban J connectivity index is 2.30. The maximum atomic E-state index is 9.89. The molecule has 0 amide bonds. The van der Waals surface area contributed by atoms with Gasteiger partial charge in [-0.1, -0.05) is 17.7 Å². The molecule has 0 saturated heterocycles. The van der Waals surface area contributed by atoms with E-state index in [0.717, 1.165) is 11.3 Å². The summed E-state index contributed by atoms with van der Waals surface area (Å²) in [6, 6.07) is 6.16. The fraction of sp³-hybridized carbons (Fsp3) is 0.625. The highest BCUT2D eigenvalue weighted by molar-refractivity contribution is 5.35. The first kappa shape index (κ1) is 17.0. The average Bonchev–Trinajstić information content (AvgIpc) is 2.34. The van der Waals surface area contributed by atoms with Crippen LogP contribution in [-0.2, 0) is 0 Å². The Labute approximate surface area is 121 Å². The van der Waals surface area contributed by atoms with Gasteiger partial charge in [0.2, 0.25) is 0 Å². The first-order valence-corrected chi connectivity index (χ1v) is 7.18. The van der Waals surface area contributed by atoms with Crippen LogP contribution in [0.5, 0.6) is 5.75 Å². The zero-order valence-electron chi connectivity index (χ0n) is 12.9. The maximum Gasteiger partial charge on any atom is 0.122 e. The van der Waals surface area contributed by atoms with E-state index >= 15 is 0 Å². The Kier molecular flexibility index (Phi) is 6.99. The van der Waals surface area contributed by atoms with Gasteiger partial charge in [-0.2, -0.15) is 0 Å². The van der Waals surface area contributed by atoms with Gasteiger partial charge in [0.05, 0.1) is 6.10 Å². The van der Waals surface area contributed by atoms with E-state index in [1.54, 1.807) is 6.92 Å². The lowest BCUT2D eigenvalue weighted by Gasteiger charge is -2.19. The molecule has 3 atom stereocenters. The van der Waals surface area contributed by atoms with Gasteiger partial charge < -0.3 is 20.3 Å². The predicted octanol–water partition coefficient (Wildman–Crippen LogP) is 1.79. The molecular weight excluding hydrogens is 254 g/mol. The second-order valence-corrected chi connectivity index (χ2v) is 5.63. The van der Waals surface area contributed by atoms with Gasteiger partial charge in [0.1, 0.15) is 18.5 Å². The van der Waals surface area contributed by atoms with E-state index in [1.807, 2.05) is 32.9 Å². The van der Waals surface area contributed by atoms with E-state index in [-0.39, 0.29) is 18.8 Å². The molecule has 0 aromatic heterocycles. The molecule has 1 aromatic carbocycles. The van der Waals surface area contributed by atoms with Crippen molar-refractivity contribution in [2.75, 3.05) is 13.2 Å². The van der Waals surface area contributed by atoms with Crippen LogP contribution in [0.25, 0.3) is 0 Å². The highest BCUT2D eigenvalue weighted by Gasteiger charge is 2.10. The lowest BCUT2D eigenvalue weighted by atomic mass is 10.1. The summed E-state index contributed by atoms with van der Waals surface area (Å²) in [5.74, 6) is 0.812. The number of aryl methyl sites for hydroxylation is 2. The predicted molar refractivity (Wildman–Crippen MR) is 81.2 cm³/mol. The summed E-state index contributed by atoms with van der Waals surface area (Å²) in [6.07, 6.45) is -0.224. The van der Waals surface area contributed by atoms with Crippen molar-refractivity contribution in [3.8, 4) is 5.75 Å². The molecule has 1 aromatic rings. The lowest BCUT2D eigenvalue weighted by Crippen LogP contribution is -2.37. The molecule has 0 bridgehead atoms. The number of nitrogens with one attached hydrogen (secondary N) is 1. The fourth-order valence-corrected chi connectivity index (χ4v) is 2.14. The Bertz CT molecular complexity index is 407. The topological polar surface area (TPSA) is 61.7 Å². The molecule has 4 nitrogen and oxygen atoms in total. The summed E-state index contributed by atoms with van der Waals surface area (Å²) in [6.45, 7) is 8.51. The Hall–Kier alpha value is -1.10. The van der Waals surface area contributed by atoms with Crippen LogP contribution in [0.1, 0.15) is 31.4 Å². The van der Waals surface area contributed by atoms with Gasteiger partial charge >= 0.3 is 0 Å². The molecule has 0 spiro atoms. The van der Waals surface area contributed by atoms with Crippen molar-refractivity contribution in [2.24, 2.45) is 0 Å². The SMILES string of the molecule is Cc1ccc(OCC(O)CNC(C)CC(C)O)c(C)c1. The molecule has 3 unspecified atom stereocenters. The summed E-state index contributed by atoms with van der Waals surface area (Å²) in [4.78, 5) is 0. The zero-order chi connectivity index (χ0) is 15.1. The number of hydrogen-bond acceptors (Lipinski definition) is 4. The van der Waals surface area contributed by atoms with E-state index in [2.05, 4.69) is 11.4 Å². The third-order valence-electron chi connectivity index (χ3n) is 3.16. The standard InChI is InChI=1S/C16H27NO3/c1-11-5-6-16(12(2)7-11)20-10-15(19)9-17-13(3)8-14(4)18/h5-7,13-15,17-19H,8-10H2,1-4H3. The monoisotopic (exact) mass is 281 g/mol. The van der Waals surface area contributed by atoms with Gasteiger partial charge in [0, 0.05) is 12.6 Å². The number of benzene rings is 1. The van der Waals surface area contributed by atoms with Crippen molar-refractivity contribution in [3.63, 3.8) is 0 Å². The van der Waals surface area contributed by atoms with Gasteiger partial charge in [-0.05, 0) is 45.7 Å². The van der Waals surface area contributed by atoms with E-state index in [0.29, 0.717) is 13.0 Å². The first-order chi connectivity index (χ1) is 9.38. The van der Waals surface area contributed by atoms with Crippen molar-refractivity contribution < 1.29 is 14.9 Å². The van der Waals surface area contributed by atoms with Crippen LogP contribution in [0.15, 0.2) is 18.2 Å². The molecule has 3 N–H and O–H groups in total. The molecule has 0 heterocycles. The minimum absolute atomic E-state index is 0.172. The molecule has 0 radical (unpaired) electrons. The number of ether oxygens (including phenoxy) is 1. The van der Waals surface area contributed by atoms with E-state index < -0.39 is 6.10 Å². The third-order valence-corrected chi connectivity index (χ3v) is 3.16. The highest BCUT2D eigenvalue weighted by atomic mass is 16.5. The van der Waals surface area contributed by atoms with Crippen LogP contribution in [0, 0.1) is 13.8 Å². The number of hydrogen-bond donors (Lipinski definition) is 3. The van der Waals surface area contributed by atoms with Gasteiger partial charge in [-0.15, -0.1) is 0 Å². The molecule has 0 fully saturated rings. The number of aliphatic hydroxyl groups is 2. The molecule has 4 heteroatoms. The van der Waals surface area contributed by atoms with Crippen molar-refractivity contribution in [1.29, 1.82) is 0 Å². The molecule has 114 valence electrons. The first-order valence-electron chi connectivity index (χ1n) is 7.18. The van der Waals surface area contributed by atoms with Gasteiger partial charge in [-0.3, -0.25) is 0 Å². The van der Waals surface area contributed by atoms with E-state index in [9.17, 15) is 10.2 Å². The summed E-state index contributed by atoms with van der Waals surface area (Å²) >= 11 is 0. The number of aliphatic hydroxyl groups excluding tert-OH is 2. The van der Waals surface area contributed by atoms with Crippen molar-refractivity contribution in [2.45, 2.75) is 52.4 Å². The average molecular weight is 281 g/mol. The van der Waals surface area contributed by atoms with Gasteiger partial charge in [0.15, 0.2) is 0 Å². The summed E-state index contributed by atoms with van der Waals surface area (Å²) < 4.78 is 5.63. The van der Waals surface area contributed by atoms with Gasteiger partial charge in [-0.25, -0.2) is 0 Å². The second kappa shape index (κ2) is 8.25. The molecule has 1 rings (SSSR count). The highest BCUT2D eigenvalue weighted by Crippen LogP contribution is 2.18. The zero-order valence-corrected chi connectivity index (χ0v) is 12.9. The minimum Gasteiger partial charge on any atom is -0.491 e. The summed E-state index contributed by atoms with van der Waals surface area (Å²) in [5.41, 5.74) is 2.27. The van der Waals surface area contributed by atoms with E-state index in [1.165, 1.54) is 5.56 Å². The van der Waals surface area contributed by atoms with E-state index in [4.69, 9.17) is 4.74 Å². The summed E-state index contributed by atoms with van der Waals surface area (Å²) in [5, 5.41) is 22.3. The van der Waals surface area contributed by atoms with Crippen molar-refractivity contribution in [1.82, 2.24) is 5.32 Å². The molecule has 0 aliphatic carbocycles. The molecule has 0 aliphatic heterocycles. The van der Waals surface area contributed by atoms with Crippen LogP contribution in [0.3, 0.4) is 0 Å². The van der Waals surface area contributed by atoms with Crippen LogP contribution >= 0.6 is 0 Å². The Morgan fingerprint density at radius 1 is 1.20 bits per heavy atom. The molecule has 20 heavy (non-hydrogen) atoms. The molecule has 0 aliphatic rings. The van der Waals surface area contributed by atoms with Crippen LogP contribution in [0.2, 0.25) is 0 Å². The quantitative estimate of drug-likeness (QED) is 0.680. The maximum absolute atomic E-state index is 9.89. The normalized spacial score (nSPS) is 15.7. The van der Waals surface area contributed by atoms with Crippen LogP contribution in [-0.4, -0.2) is 41.6 Å². The Morgan fingerprint density at radius 3 is 2.50 bits per heavy atom. The van der Waals surface area contributed by atoms with Crippen LogP contribution in [0.4, 0.5) is 0 Å². The van der Waals surface area contributed by atoms with Crippen molar-refractivity contribution in [3.05, 3.63) is 29.3 Å². The largest absolute Gasteiger partial charge is 0.491 e. The fourth-order valence-electron chi connectivity index (χ4n) is 2.14. The lowest BCUT2D eigenvalue weighted by molar-refractivity contribution is 0.0997. The minimum atomic E-state index is -0.563. The number of rotatable bonds is 8. The van der Waals surface area contributed by atoms with Gasteiger partial charge in [0.25, 0.3) is 0 Å².